The second-order valence-electron chi connectivity index (χ2n) is 12.4. The van der Waals surface area contributed by atoms with Crippen LogP contribution in [0.3, 0.4) is 0 Å². The Morgan fingerprint density at radius 1 is 0.935 bits per heavy atom. The molecule has 0 spiro atoms. The van der Waals surface area contributed by atoms with Gasteiger partial charge in [-0.15, -0.1) is 0 Å². The van der Waals surface area contributed by atoms with Gasteiger partial charge in [-0.2, -0.15) is 0 Å². The summed E-state index contributed by atoms with van der Waals surface area (Å²) >= 11 is 0. The van der Waals surface area contributed by atoms with Crippen LogP contribution in [-0.2, 0) is 38.2 Å². The number of nitrogens with zero attached hydrogens (tertiary/aromatic N) is 2. The van der Waals surface area contributed by atoms with Gasteiger partial charge in [0.05, 0.1) is 43.8 Å². The standard InChI is InChI=1S/C32H66N3O8PSi2/c1-13-40-44(37,41-14-2)25-27-23-39-32(34-27)26(9)21-22-33-31(36)30(43-46(18-6,19-7)20-8)29(28(24-38-12)35(10)11)42-45(15-3,16-4)17-5/h23,26,28-30H,13-22,24-25H2,1-12H3,(H,33,36)/t26-,28-,29-,30-/m1/s1. The van der Waals surface area contributed by atoms with Gasteiger partial charge >= 0.3 is 7.60 Å². The van der Waals surface area contributed by atoms with Gasteiger partial charge in [-0.3, -0.25) is 9.36 Å². The molecule has 14 heteroatoms. The lowest BCUT2D eigenvalue weighted by Crippen LogP contribution is -2.61. The maximum absolute atomic E-state index is 14.3. The Morgan fingerprint density at radius 2 is 1.46 bits per heavy atom. The monoisotopic (exact) mass is 707 g/mol. The molecule has 11 nitrogen and oxygen atoms in total. The summed E-state index contributed by atoms with van der Waals surface area (Å²) in [5.41, 5.74) is 0.521. The minimum Gasteiger partial charge on any atom is -0.448 e. The quantitative estimate of drug-likeness (QED) is 0.0770. The third-order valence-electron chi connectivity index (χ3n) is 9.44. The summed E-state index contributed by atoms with van der Waals surface area (Å²) in [7, 11) is -1.92. The Hall–Kier alpha value is -0.896. The van der Waals surface area contributed by atoms with E-state index in [-0.39, 0.29) is 37.2 Å². The number of ether oxygens (including phenoxy) is 1. The van der Waals surface area contributed by atoms with Gasteiger partial charge in [0.15, 0.2) is 28.6 Å². The van der Waals surface area contributed by atoms with E-state index in [1.54, 1.807) is 21.0 Å². The molecule has 1 heterocycles. The molecule has 0 aliphatic rings. The van der Waals surface area contributed by atoms with Gasteiger partial charge in [-0.25, -0.2) is 4.98 Å². The van der Waals surface area contributed by atoms with E-state index >= 15 is 0 Å². The van der Waals surface area contributed by atoms with E-state index in [9.17, 15) is 9.36 Å². The number of carbonyl (C=O) groups is 1. The fourth-order valence-electron chi connectivity index (χ4n) is 5.86. The molecule has 1 N–H and O–H groups in total. The van der Waals surface area contributed by atoms with Crippen molar-refractivity contribution in [3.8, 4) is 0 Å². The van der Waals surface area contributed by atoms with E-state index in [0.29, 0.717) is 31.2 Å². The molecule has 46 heavy (non-hydrogen) atoms. The van der Waals surface area contributed by atoms with Crippen molar-refractivity contribution >= 4 is 30.1 Å². The Kier molecular flexibility index (Phi) is 19.9. The molecule has 1 aromatic rings. The zero-order valence-corrected chi connectivity index (χ0v) is 33.9. The number of likely N-dealkylation sites (N-methyl/N-ethyl adjacent to an activating group) is 1. The molecule has 1 aromatic heterocycles. The minimum absolute atomic E-state index is 0.0482. The van der Waals surface area contributed by atoms with Crippen LogP contribution >= 0.6 is 7.60 Å². The van der Waals surface area contributed by atoms with E-state index in [1.807, 2.05) is 21.0 Å². The molecule has 0 aliphatic heterocycles. The molecule has 1 rings (SSSR count). The van der Waals surface area contributed by atoms with Crippen LogP contribution in [0.4, 0.5) is 0 Å². The summed E-state index contributed by atoms with van der Waals surface area (Å²) in [5.74, 6) is 0.281. The van der Waals surface area contributed by atoms with Crippen molar-refractivity contribution in [1.29, 1.82) is 0 Å². The van der Waals surface area contributed by atoms with E-state index in [4.69, 9.17) is 27.1 Å². The van der Waals surface area contributed by atoms with E-state index in [1.165, 1.54) is 6.26 Å². The fourth-order valence-corrected chi connectivity index (χ4v) is 13.1. The third-order valence-corrected chi connectivity index (χ3v) is 20.7. The SMILES string of the molecule is CCOP(=O)(Cc1coc([C@H](C)CCNC(=O)[C@H](O[Si](CC)(CC)CC)[C@H](O[Si](CC)(CC)CC)[C@@H](COC)N(C)C)n1)OCC. The van der Waals surface area contributed by atoms with Crippen molar-refractivity contribution < 1.29 is 36.4 Å². The van der Waals surface area contributed by atoms with Gasteiger partial charge in [0.2, 0.25) is 0 Å². The molecule has 0 unspecified atom stereocenters. The first kappa shape index (κ1) is 43.1. The summed E-state index contributed by atoms with van der Waals surface area (Å²) in [6.45, 7) is 20.1. The summed E-state index contributed by atoms with van der Waals surface area (Å²) in [6, 6.07) is 5.52. The number of aromatic nitrogens is 1. The van der Waals surface area contributed by atoms with Crippen LogP contribution in [-0.4, -0.2) is 98.2 Å². The number of nitrogens with one attached hydrogen (secondary N) is 1. The van der Waals surface area contributed by atoms with E-state index in [0.717, 1.165) is 36.3 Å². The number of hydrogen-bond acceptors (Lipinski definition) is 10. The smallest absolute Gasteiger partial charge is 0.336 e. The van der Waals surface area contributed by atoms with Crippen LogP contribution in [0, 0.1) is 0 Å². The number of amides is 1. The average Bonchev–Trinajstić information content (AvgIpc) is 3.50. The van der Waals surface area contributed by atoms with Crippen LogP contribution in [0.15, 0.2) is 10.7 Å². The Bertz CT molecular complexity index is 1010. The van der Waals surface area contributed by atoms with Crippen molar-refractivity contribution in [3.63, 3.8) is 0 Å². The number of carbonyl (C=O) groups excluding carboxylic acids is 1. The Balaban J connectivity index is 3.30. The minimum atomic E-state index is -3.29. The maximum Gasteiger partial charge on any atom is 0.336 e. The number of hydrogen-bond donors (Lipinski definition) is 1. The maximum atomic E-state index is 14.3. The molecular weight excluding hydrogens is 642 g/mol. The topological polar surface area (TPSA) is 122 Å². The number of oxazole rings is 1. The highest BCUT2D eigenvalue weighted by atomic mass is 31.2. The van der Waals surface area contributed by atoms with Gasteiger partial charge in [0.25, 0.3) is 5.91 Å². The fraction of sp³-hybridized carbons (Fsp3) is 0.875. The van der Waals surface area contributed by atoms with Gasteiger partial charge in [-0.05, 0) is 70.6 Å². The van der Waals surface area contributed by atoms with Crippen molar-refractivity contribution in [1.82, 2.24) is 15.2 Å². The van der Waals surface area contributed by atoms with Crippen LogP contribution in [0.2, 0.25) is 36.3 Å². The van der Waals surface area contributed by atoms with Crippen molar-refractivity contribution in [2.24, 2.45) is 0 Å². The molecule has 0 radical (unpaired) electrons. The van der Waals surface area contributed by atoms with Crippen LogP contribution in [0.1, 0.15) is 86.2 Å². The second kappa shape index (κ2) is 21.2. The summed E-state index contributed by atoms with van der Waals surface area (Å²) in [6.07, 6.45) is 0.917. The van der Waals surface area contributed by atoms with Gasteiger partial charge in [0.1, 0.15) is 6.26 Å². The predicted octanol–water partition coefficient (Wildman–Crippen LogP) is 7.41. The Labute approximate surface area is 282 Å². The van der Waals surface area contributed by atoms with Gasteiger partial charge in [-0.1, -0.05) is 48.5 Å². The highest BCUT2D eigenvalue weighted by Gasteiger charge is 2.46. The van der Waals surface area contributed by atoms with Crippen molar-refractivity contribution in [3.05, 3.63) is 17.8 Å². The summed E-state index contributed by atoms with van der Waals surface area (Å²) in [4.78, 5) is 20.9. The molecule has 270 valence electrons. The molecule has 0 saturated carbocycles. The first-order chi connectivity index (χ1) is 21.8. The summed E-state index contributed by atoms with van der Waals surface area (Å²) in [5, 5.41) is 3.19. The first-order valence-electron chi connectivity index (χ1n) is 17.4. The lowest BCUT2D eigenvalue weighted by molar-refractivity contribution is -0.136. The average molecular weight is 708 g/mol. The van der Waals surface area contributed by atoms with Gasteiger partial charge < -0.3 is 37.3 Å². The lowest BCUT2D eigenvalue weighted by Gasteiger charge is -2.44. The lowest BCUT2D eigenvalue weighted by atomic mass is 10.0. The van der Waals surface area contributed by atoms with Crippen molar-refractivity contribution in [2.45, 2.75) is 135 Å². The zero-order chi connectivity index (χ0) is 35.0. The highest BCUT2D eigenvalue weighted by molar-refractivity contribution is 7.53. The first-order valence-corrected chi connectivity index (χ1v) is 24.2. The highest BCUT2D eigenvalue weighted by Crippen LogP contribution is 2.51. The molecule has 0 saturated heterocycles. The van der Waals surface area contributed by atoms with Crippen molar-refractivity contribution in [2.75, 3.05) is 47.6 Å². The predicted molar refractivity (Wildman–Crippen MR) is 191 cm³/mol. The molecule has 0 fully saturated rings. The molecule has 4 atom stereocenters. The van der Waals surface area contributed by atoms with E-state index in [2.05, 4.69) is 56.7 Å². The third kappa shape index (κ3) is 12.5. The normalized spacial score (nSPS) is 15.6. The van der Waals surface area contributed by atoms with Crippen LogP contribution < -0.4 is 5.32 Å². The Morgan fingerprint density at radius 3 is 1.91 bits per heavy atom. The number of rotatable bonds is 26. The van der Waals surface area contributed by atoms with Crippen LogP contribution in [0.25, 0.3) is 0 Å². The molecular formula is C32H66N3O8PSi2. The molecule has 0 aliphatic carbocycles. The largest absolute Gasteiger partial charge is 0.448 e. The summed E-state index contributed by atoms with van der Waals surface area (Å²) < 4.78 is 49.5. The number of methoxy groups -OCH3 is 1. The van der Waals surface area contributed by atoms with Gasteiger partial charge in [0, 0.05) is 19.6 Å². The molecule has 1 amide bonds. The zero-order valence-electron chi connectivity index (χ0n) is 31.0. The van der Waals surface area contributed by atoms with E-state index < -0.39 is 36.4 Å². The molecule has 0 aromatic carbocycles. The van der Waals surface area contributed by atoms with Crippen LogP contribution in [0.5, 0.6) is 0 Å². The second-order valence-corrected chi connectivity index (χ2v) is 23.9. The molecule has 0 bridgehead atoms.